The summed E-state index contributed by atoms with van der Waals surface area (Å²) in [7, 11) is -10.7. The molecule has 380 valence electrons. The van der Waals surface area contributed by atoms with Crippen molar-refractivity contribution in [2.24, 2.45) is 0 Å². The van der Waals surface area contributed by atoms with Crippen LogP contribution in [0.2, 0.25) is 0 Å². The van der Waals surface area contributed by atoms with Crippen molar-refractivity contribution in [2.75, 3.05) is 13.2 Å². The third-order valence-corrected chi connectivity index (χ3v) is 11.9. The van der Waals surface area contributed by atoms with Crippen molar-refractivity contribution in [3.05, 3.63) is 72.9 Å². The molecule has 8 N–H and O–H groups in total. The van der Waals surface area contributed by atoms with E-state index in [0.717, 1.165) is 57.8 Å². The van der Waals surface area contributed by atoms with Crippen molar-refractivity contribution in [1.82, 2.24) is 0 Å². The zero-order valence-corrected chi connectivity index (χ0v) is 40.7. The van der Waals surface area contributed by atoms with E-state index in [4.69, 9.17) is 18.5 Å². The second-order valence-corrected chi connectivity index (χ2v) is 18.9. The SMILES string of the molecule is CC/C=C\C/C=C\CC(O)/C=C/C=C\C/C=C\CCCC(=O)OC[C@H](COP(=O)(O)O[C@H]1C(O)C(O)C(O)[C@@H](OP(=O)(O)O)C1O)OC(=O)CCCCCCCCCCCCC/C=C\CC. The largest absolute Gasteiger partial charge is 0.472 e. The standard InChI is InChI=1S/C47H80O17P2/c1-3-5-7-9-11-12-13-14-15-16-17-18-23-27-31-35-41(50)62-39(37-61-66(58,59)64-47-44(53)42(51)43(52)46(45(47)54)63-65(55,56)57)36-60-40(49)34-30-26-22-20-19-21-25-29-33-38(48)32-28-24-10-8-6-4-2/h5-8,20-22,24-25,28-29,33,38-39,42-48,51-54H,3-4,9-19,23,26-27,30-32,34-37H2,1-2H3,(H,58,59)(H2,55,56,57)/b7-5-,8-6-,22-20-,25-21-,28-24-,33-29+/t38?,39-,42?,43?,44?,45?,46-,47+/m1/s1. The number of unbranched alkanes of at least 4 members (excludes halogenated alkanes) is 12. The Bertz CT molecular complexity index is 1570. The molecular formula is C47H80O17P2. The number of phosphoric acid groups is 2. The molecule has 1 fully saturated rings. The average molecular weight is 979 g/mol. The Kier molecular flexibility index (Phi) is 34.7. The van der Waals surface area contributed by atoms with Crippen LogP contribution in [0.25, 0.3) is 0 Å². The second kappa shape index (κ2) is 37.3. The maximum Gasteiger partial charge on any atom is 0.472 e. The fourth-order valence-electron chi connectivity index (χ4n) is 6.74. The number of hydrogen-bond donors (Lipinski definition) is 8. The van der Waals surface area contributed by atoms with Gasteiger partial charge in [-0.3, -0.25) is 23.2 Å². The summed E-state index contributed by atoms with van der Waals surface area (Å²) in [6.07, 6.45) is 26.1. The van der Waals surface area contributed by atoms with Gasteiger partial charge in [-0.05, 0) is 64.2 Å². The molecule has 0 saturated heterocycles. The lowest BCUT2D eigenvalue weighted by Gasteiger charge is -2.43. The van der Waals surface area contributed by atoms with Gasteiger partial charge in [0, 0.05) is 12.8 Å². The number of aliphatic hydroxyl groups excluding tert-OH is 5. The molecule has 0 heterocycles. The second-order valence-electron chi connectivity index (χ2n) is 16.3. The number of rotatable bonds is 38. The van der Waals surface area contributed by atoms with Crippen LogP contribution in [-0.4, -0.2) is 114 Å². The van der Waals surface area contributed by atoms with Gasteiger partial charge in [0.25, 0.3) is 0 Å². The van der Waals surface area contributed by atoms with Gasteiger partial charge in [0.2, 0.25) is 0 Å². The summed E-state index contributed by atoms with van der Waals surface area (Å²) >= 11 is 0. The summed E-state index contributed by atoms with van der Waals surface area (Å²) in [5, 5.41) is 51.3. The van der Waals surface area contributed by atoms with Crippen molar-refractivity contribution in [2.45, 2.75) is 198 Å². The fourth-order valence-corrected chi connectivity index (χ4v) is 8.27. The highest BCUT2D eigenvalue weighted by Gasteiger charge is 2.54. The molecule has 0 bridgehead atoms. The Balaban J connectivity index is 2.66. The first-order valence-corrected chi connectivity index (χ1v) is 26.6. The van der Waals surface area contributed by atoms with Crippen molar-refractivity contribution in [3.63, 3.8) is 0 Å². The molecule has 1 saturated carbocycles. The number of esters is 2. The van der Waals surface area contributed by atoms with E-state index >= 15 is 0 Å². The van der Waals surface area contributed by atoms with Crippen LogP contribution in [0.1, 0.15) is 149 Å². The molecule has 0 radical (unpaired) electrons. The van der Waals surface area contributed by atoms with Gasteiger partial charge >= 0.3 is 27.6 Å². The Morgan fingerprint density at radius 1 is 0.561 bits per heavy atom. The lowest BCUT2D eigenvalue weighted by atomic mass is 9.85. The van der Waals surface area contributed by atoms with Crippen molar-refractivity contribution >= 4 is 27.6 Å². The first-order valence-electron chi connectivity index (χ1n) is 23.6. The summed E-state index contributed by atoms with van der Waals surface area (Å²) in [5.74, 6) is -1.32. The van der Waals surface area contributed by atoms with Gasteiger partial charge in [0.1, 0.15) is 43.2 Å². The van der Waals surface area contributed by atoms with Crippen LogP contribution in [0.15, 0.2) is 72.9 Å². The van der Waals surface area contributed by atoms with E-state index in [1.54, 1.807) is 12.2 Å². The van der Waals surface area contributed by atoms with Gasteiger partial charge in [0.15, 0.2) is 6.10 Å². The monoisotopic (exact) mass is 978 g/mol. The van der Waals surface area contributed by atoms with E-state index in [1.807, 2.05) is 36.5 Å². The molecule has 0 amide bonds. The molecule has 66 heavy (non-hydrogen) atoms. The Morgan fingerprint density at radius 2 is 1.08 bits per heavy atom. The van der Waals surface area contributed by atoms with E-state index in [9.17, 15) is 58.9 Å². The van der Waals surface area contributed by atoms with Gasteiger partial charge in [-0.2, -0.15) is 0 Å². The predicted molar refractivity (Wildman–Crippen MR) is 252 cm³/mol. The number of carbonyl (C=O) groups excluding carboxylic acids is 2. The van der Waals surface area contributed by atoms with Crippen LogP contribution >= 0.6 is 15.6 Å². The first-order chi connectivity index (χ1) is 31.5. The molecule has 1 aliphatic rings. The lowest BCUT2D eigenvalue weighted by molar-refractivity contribution is -0.216. The van der Waals surface area contributed by atoms with E-state index < -0.39 is 89.6 Å². The number of phosphoric ester groups is 2. The normalized spacial score (nSPS) is 22.6. The van der Waals surface area contributed by atoms with Crippen LogP contribution in [0.5, 0.6) is 0 Å². The Hall–Kier alpha value is -2.60. The quantitative estimate of drug-likeness (QED) is 0.00963. The minimum absolute atomic E-state index is 0.00763. The molecule has 0 spiro atoms. The van der Waals surface area contributed by atoms with Crippen LogP contribution < -0.4 is 0 Å². The summed E-state index contributed by atoms with van der Waals surface area (Å²) in [6, 6.07) is 0. The highest BCUT2D eigenvalue weighted by atomic mass is 31.2. The maximum atomic E-state index is 13.0. The molecule has 0 aromatic rings. The topological polar surface area (TPSA) is 276 Å². The third kappa shape index (κ3) is 31.4. The van der Waals surface area contributed by atoms with Gasteiger partial charge in [-0.25, -0.2) is 9.13 Å². The molecule has 0 aromatic heterocycles. The Labute approximate surface area is 392 Å². The van der Waals surface area contributed by atoms with Gasteiger partial charge in [-0.15, -0.1) is 0 Å². The van der Waals surface area contributed by atoms with E-state index in [1.165, 1.54) is 32.1 Å². The zero-order valence-electron chi connectivity index (χ0n) is 39.0. The van der Waals surface area contributed by atoms with E-state index in [2.05, 4.69) is 42.7 Å². The molecular weight excluding hydrogens is 898 g/mol. The number of hydrogen-bond acceptors (Lipinski definition) is 14. The summed E-state index contributed by atoms with van der Waals surface area (Å²) in [4.78, 5) is 54.3. The van der Waals surface area contributed by atoms with E-state index in [0.29, 0.717) is 32.1 Å². The third-order valence-electron chi connectivity index (χ3n) is 10.4. The molecule has 1 aliphatic carbocycles. The van der Waals surface area contributed by atoms with Crippen LogP contribution in [0.4, 0.5) is 0 Å². The highest BCUT2D eigenvalue weighted by molar-refractivity contribution is 7.47. The molecule has 19 heteroatoms. The van der Waals surface area contributed by atoms with Crippen molar-refractivity contribution in [1.29, 1.82) is 0 Å². The van der Waals surface area contributed by atoms with Crippen LogP contribution in [0, 0.1) is 0 Å². The maximum absolute atomic E-state index is 13.0. The molecule has 0 aliphatic heterocycles. The number of carbonyl (C=O) groups is 2. The number of allylic oxidation sites excluding steroid dienone is 10. The molecule has 9 atom stereocenters. The smallest absolute Gasteiger partial charge is 0.462 e. The van der Waals surface area contributed by atoms with Gasteiger partial charge < -0.3 is 49.7 Å². The lowest BCUT2D eigenvalue weighted by Crippen LogP contribution is -2.64. The first kappa shape index (κ1) is 61.4. The summed E-state index contributed by atoms with van der Waals surface area (Å²) in [5.41, 5.74) is 0. The van der Waals surface area contributed by atoms with Crippen molar-refractivity contribution in [3.8, 4) is 0 Å². The average Bonchev–Trinajstić information content (AvgIpc) is 3.27. The molecule has 17 nitrogen and oxygen atoms in total. The minimum Gasteiger partial charge on any atom is -0.462 e. The zero-order chi connectivity index (χ0) is 49.1. The van der Waals surface area contributed by atoms with Crippen molar-refractivity contribution < 1.29 is 82.0 Å². The predicted octanol–water partition coefficient (Wildman–Crippen LogP) is 7.81. The highest BCUT2D eigenvalue weighted by Crippen LogP contribution is 2.49. The molecule has 6 unspecified atom stereocenters. The summed E-state index contributed by atoms with van der Waals surface area (Å²) in [6.45, 7) is 2.78. The van der Waals surface area contributed by atoms with Crippen LogP contribution in [0.3, 0.4) is 0 Å². The van der Waals surface area contributed by atoms with Gasteiger partial charge in [-0.1, -0.05) is 145 Å². The molecule has 1 rings (SSSR count). The Morgan fingerprint density at radius 3 is 1.71 bits per heavy atom. The molecule has 0 aromatic carbocycles. The van der Waals surface area contributed by atoms with Crippen LogP contribution in [-0.2, 0) is 41.8 Å². The fraction of sp³-hybridized carbons (Fsp3) is 0.702. The van der Waals surface area contributed by atoms with Gasteiger partial charge in [0.05, 0.1) is 12.7 Å². The summed E-state index contributed by atoms with van der Waals surface area (Å²) < 4.78 is 49.3. The number of ether oxygens (including phenoxy) is 2. The minimum atomic E-state index is -5.38. The van der Waals surface area contributed by atoms with E-state index in [-0.39, 0.29) is 12.8 Å². The number of aliphatic hydroxyl groups is 5.